The Morgan fingerprint density at radius 2 is 1.95 bits per heavy atom. The van der Waals surface area contributed by atoms with Crippen LogP contribution in [0.25, 0.3) is 33.6 Å². The Balaban J connectivity index is 1.33. The van der Waals surface area contributed by atoms with E-state index in [9.17, 15) is 9.90 Å². The second-order valence-corrected chi connectivity index (χ2v) is 12.0. The zero-order valence-electron chi connectivity index (χ0n) is 22.0. The highest BCUT2D eigenvalue weighted by molar-refractivity contribution is 5.98. The maximum atomic E-state index is 15.6. The predicted molar refractivity (Wildman–Crippen MR) is 143 cm³/mol. The average molecular weight is 517 g/mol. The van der Waals surface area contributed by atoms with Crippen LogP contribution in [0.15, 0.2) is 30.3 Å². The number of nitrogens with two attached hydrogens (primary N) is 1. The van der Waals surface area contributed by atoms with Crippen molar-refractivity contribution < 1.29 is 14.3 Å². The Bertz CT molecular complexity index is 1610. The Morgan fingerprint density at radius 3 is 2.61 bits per heavy atom. The summed E-state index contributed by atoms with van der Waals surface area (Å²) in [6, 6.07) is 8.93. The highest BCUT2D eigenvalue weighted by Gasteiger charge is 2.47. The number of carbonyl (C=O) groups excluding carboxylic acids is 1. The average Bonchev–Trinajstić information content (AvgIpc) is 3.27. The molecule has 3 aromatic heterocycles. The molecule has 0 radical (unpaired) electrons. The number of rotatable bonds is 5. The topological polar surface area (TPSA) is 102 Å². The molecule has 3 atom stereocenters. The number of benzene rings is 1. The van der Waals surface area contributed by atoms with Crippen molar-refractivity contribution in [1.82, 2.24) is 24.0 Å². The van der Waals surface area contributed by atoms with Gasteiger partial charge >= 0.3 is 0 Å². The Morgan fingerprint density at radius 1 is 1.16 bits per heavy atom. The van der Waals surface area contributed by atoms with Gasteiger partial charge in [-0.15, -0.1) is 0 Å². The van der Waals surface area contributed by atoms with Crippen molar-refractivity contribution in [2.75, 3.05) is 6.54 Å². The summed E-state index contributed by atoms with van der Waals surface area (Å²) in [6.45, 7) is 4.88. The molecule has 198 valence electrons. The number of aromatic nitrogens is 4. The van der Waals surface area contributed by atoms with Gasteiger partial charge in [0.05, 0.1) is 16.9 Å². The molecule has 38 heavy (non-hydrogen) atoms. The molecule has 9 heteroatoms. The van der Waals surface area contributed by atoms with E-state index in [0.29, 0.717) is 46.5 Å². The first kappa shape index (κ1) is 23.8. The number of hydrogen-bond acceptors (Lipinski definition) is 5. The molecule has 4 aromatic rings. The Hall–Kier alpha value is -3.30. The molecule has 4 heterocycles. The van der Waals surface area contributed by atoms with Crippen molar-refractivity contribution in [1.29, 1.82) is 0 Å². The van der Waals surface area contributed by atoms with Gasteiger partial charge < -0.3 is 24.9 Å². The fourth-order valence-electron chi connectivity index (χ4n) is 6.49. The molecule has 8 nitrogen and oxygen atoms in total. The molecule has 0 spiro atoms. The molecule has 2 aliphatic carbocycles. The van der Waals surface area contributed by atoms with Gasteiger partial charge in [0.25, 0.3) is 5.91 Å². The third kappa shape index (κ3) is 3.59. The lowest BCUT2D eigenvalue weighted by Gasteiger charge is -2.27. The normalized spacial score (nSPS) is 23.3. The quantitative estimate of drug-likeness (QED) is 0.419. The third-order valence-corrected chi connectivity index (χ3v) is 8.82. The molecular formula is C29H33FN6O2. The minimum absolute atomic E-state index is 0.00732. The first-order chi connectivity index (χ1) is 18.1. The van der Waals surface area contributed by atoms with Crippen LogP contribution in [0, 0.1) is 17.7 Å². The molecular weight excluding hydrogens is 483 g/mol. The molecule has 1 saturated heterocycles. The van der Waals surface area contributed by atoms with E-state index in [-0.39, 0.29) is 18.0 Å². The van der Waals surface area contributed by atoms with E-state index < -0.39 is 11.4 Å². The Kier molecular flexibility index (Phi) is 5.07. The van der Waals surface area contributed by atoms with Gasteiger partial charge in [-0.3, -0.25) is 4.79 Å². The maximum absolute atomic E-state index is 15.6. The van der Waals surface area contributed by atoms with E-state index in [0.717, 1.165) is 49.0 Å². The second kappa shape index (κ2) is 8.10. The van der Waals surface area contributed by atoms with Crippen molar-refractivity contribution in [3.63, 3.8) is 0 Å². The summed E-state index contributed by atoms with van der Waals surface area (Å²) in [4.78, 5) is 24.9. The van der Waals surface area contributed by atoms with Crippen LogP contribution in [0.1, 0.15) is 55.6 Å². The standard InChI is InChI=1S/C29H33FN6O2/c1-29(2,38)23-9-7-16-12-22(35(26(16)33-23)13-15-4-5-15)27-32-20-11-18(10-19(30)25(20)34(27)3)28(37)36-14-17-6-8-21(36)24(17)31/h7,9-12,15,17,21,24,38H,4-6,8,13-14,31H2,1-3H3/t17-,21?,24-/m1/s1. The number of fused-ring (bicyclic) bond motifs is 4. The van der Waals surface area contributed by atoms with E-state index in [1.807, 2.05) is 30.1 Å². The number of imidazole rings is 1. The van der Waals surface area contributed by atoms with Crippen molar-refractivity contribution >= 4 is 28.0 Å². The van der Waals surface area contributed by atoms with Crippen LogP contribution >= 0.6 is 0 Å². The molecule has 1 aromatic carbocycles. The van der Waals surface area contributed by atoms with Crippen molar-refractivity contribution in [2.24, 2.45) is 24.6 Å². The summed E-state index contributed by atoms with van der Waals surface area (Å²) in [6.07, 6.45) is 4.28. The van der Waals surface area contributed by atoms with Gasteiger partial charge in [0, 0.05) is 43.2 Å². The number of amides is 1. The van der Waals surface area contributed by atoms with E-state index in [2.05, 4.69) is 4.57 Å². The van der Waals surface area contributed by atoms with E-state index >= 15 is 4.39 Å². The number of hydrogen-bond donors (Lipinski definition) is 2. The van der Waals surface area contributed by atoms with Crippen molar-refractivity contribution in [3.8, 4) is 11.5 Å². The molecule has 1 aliphatic heterocycles. The van der Waals surface area contributed by atoms with E-state index in [1.165, 1.54) is 6.07 Å². The summed E-state index contributed by atoms with van der Waals surface area (Å²) in [5.41, 5.74) is 8.61. The van der Waals surface area contributed by atoms with Gasteiger partial charge in [-0.2, -0.15) is 0 Å². The molecule has 3 fully saturated rings. The van der Waals surface area contributed by atoms with Crippen LogP contribution in [0.4, 0.5) is 4.39 Å². The van der Waals surface area contributed by atoms with Crippen LogP contribution in [-0.2, 0) is 19.2 Å². The van der Waals surface area contributed by atoms with Gasteiger partial charge in [0.2, 0.25) is 0 Å². The molecule has 3 aliphatic rings. The first-order valence-electron chi connectivity index (χ1n) is 13.6. The van der Waals surface area contributed by atoms with Crippen LogP contribution in [0.2, 0.25) is 0 Å². The molecule has 2 bridgehead atoms. The zero-order chi connectivity index (χ0) is 26.5. The summed E-state index contributed by atoms with van der Waals surface area (Å²) in [7, 11) is 1.81. The van der Waals surface area contributed by atoms with Crippen LogP contribution in [0.3, 0.4) is 0 Å². The summed E-state index contributed by atoms with van der Waals surface area (Å²) in [5.74, 6) is 0.877. The fraction of sp³-hybridized carbons (Fsp3) is 0.483. The number of aryl methyl sites for hydroxylation is 1. The second-order valence-electron chi connectivity index (χ2n) is 12.0. The number of aliphatic hydroxyl groups is 1. The fourth-order valence-corrected chi connectivity index (χ4v) is 6.49. The first-order valence-corrected chi connectivity index (χ1v) is 13.6. The van der Waals surface area contributed by atoms with Crippen LogP contribution in [0.5, 0.6) is 0 Å². The minimum Gasteiger partial charge on any atom is -0.384 e. The van der Waals surface area contributed by atoms with Gasteiger partial charge in [-0.1, -0.05) is 0 Å². The molecule has 1 amide bonds. The van der Waals surface area contributed by atoms with E-state index in [4.69, 9.17) is 15.7 Å². The minimum atomic E-state index is -1.06. The summed E-state index contributed by atoms with van der Waals surface area (Å²) >= 11 is 0. The number of halogens is 1. The van der Waals surface area contributed by atoms with Gasteiger partial charge in [0.15, 0.2) is 5.82 Å². The van der Waals surface area contributed by atoms with Gasteiger partial charge in [-0.25, -0.2) is 14.4 Å². The number of piperidine rings is 1. The molecule has 1 unspecified atom stereocenters. The Labute approximate surface area is 220 Å². The highest BCUT2D eigenvalue weighted by Crippen LogP contribution is 2.39. The number of carbonyl (C=O) groups is 1. The summed E-state index contributed by atoms with van der Waals surface area (Å²) in [5, 5.41) is 11.5. The lowest BCUT2D eigenvalue weighted by atomic mass is 10.0. The highest BCUT2D eigenvalue weighted by atomic mass is 19.1. The molecule has 3 N–H and O–H groups in total. The smallest absolute Gasteiger partial charge is 0.254 e. The summed E-state index contributed by atoms with van der Waals surface area (Å²) < 4.78 is 19.5. The monoisotopic (exact) mass is 516 g/mol. The largest absolute Gasteiger partial charge is 0.384 e. The lowest BCUT2D eigenvalue weighted by molar-refractivity contribution is 0.0699. The number of nitrogens with zero attached hydrogens (tertiary/aromatic N) is 5. The van der Waals surface area contributed by atoms with Gasteiger partial charge in [-0.05, 0) is 81.7 Å². The predicted octanol–water partition coefficient (Wildman–Crippen LogP) is 3.93. The molecule has 7 rings (SSSR count). The van der Waals surface area contributed by atoms with Crippen LogP contribution < -0.4 is 5.73 Å². The maximum Gasteiger partial charge on any atom is 0.254 e. The number of pyridine rings is 1. The zero-order valence-corrected chi connectivity index (χ0v) is 22.0. The third-order valence-electron chi connectivity index (χ3n) is 8.82. The molecule has 2 saturated carbocycles. The van der Waals surface area contributed by atoms with Crippen LogP contribution in [-0.4, -0.2) is 53.6 Å². The SMILES string of the molecule is Cn1c(-c2cc3ccc(C(C)(C)O)nc3n2CC2CC2)nc2cc(C(=O)N3C[C@H]4CCC3[C@@H]4N)cc(F)c21. The van der Waals surface area contributed by atoms with Crippen molar-refractivity contribution in [2.45, 2.75) is 63.8 Å². The van der Waals surface area contributed by atoms with Gasteiger partial charge in [0.1, 0.15) is 22.6 Å². The van der Waals surface area contributed by atoms with E-state index in [1.54, 1.807) is 24.5 Å². The van der Waals surface area contributed by atoms with Crippen molar-refractivity contribution in [3.05, 3.63) is 47.4 Å². The lowest BCUT2D eigenvalue weighted by Crippen LogP contribution is -2.41. The number of likely N-dealkylation sites (tertiary alicyclic amines) is 1.